The van der Waals surface area contributed by atoms with E-state index in [1.54, 1.807) is 42.5 Å². The number of rotatable bonds is 4. The van der Waals surface area contributed by atoms with Crippen LogP contribution in [0.15, 0.2) is 42.5 Å². The first-order chi connectivity index (χ1) is 14.5. The molecule has 0 aliphatic rings. The number of amides is 1. The summed E-state index contributed by atoms with van der Waals surface area (Å²) in [6, 6.07) is 16.1. The number of unbranched alkanes of at least 4 members (excludes halogenated alkanes) is 1. The van der Waals surface area contributed by atoms with E-state index in [4.69, 9.17) is 34.2 Å². The monoisotopic (exact) mass is 434 g/mol. The van der Waals surface area contributed by atoms with Crippen molar-refractivity contribution in [2.24, 2.45) is 5.73 Å². The summed E-state index contributed by atoms with van der Waals surface area (Å²) in [6.45, 7) is 0. The number of nitrogens with one attached hydrogen (secondary N) is 1. The number of nitriles is 2. The summed E-state index contributed by atoms with van der Waals surface area (Å²) in [4.78, 5) is 11.9. The summed E-state index contributed by atoms with van der Waals surface area (Å²) in [5, 5.41) is 21.9. The van der Waals surface area contributed by atoms with Crippen LogP contribution in [0.3, 0.4) is 0 Å². The third-order valence-corrected chi connectivity index (χ3v) is 4.73. The van der Waals surface area contributed by atoms with Gasteiger partial charge < -0.3 is 5.73 Å². The number of H-pyrrole nitrogens is 1. The van der Waals surface area contributed by atoms with Crippen LogP contribution in [0.4, 0.5) is 0 Å². The molecule has 0 atom stereocenters. The van der Waals surface area contributed by atoms with E-state index in [2.05, 4.69) is 16.9 Å². The number of hydrogen-bond acceptors (Lipinski definition) is 3. The van der Waals surface area contributed by atoms with Crippen molar-refractivity contribution in [3.8, 4) is 40.9 Å². The molecule has 1 amide bonds. The van der Waals surface area contributed by atoms with Gasteiger partial charge in [-0.05, 0) is 36.4 Å². The van der Waals surface area contributed by atoms with E-state index in [-0.39, 0.29) is 11.3 Å². The van der Waals surface area contributed by atoms with Gasteiger partial charge in [0.25, 0.3) is 17.3 Å². The minimum atomic E-state index is -0.767. The molecule has 1 heterocycles. The highest BCUT2D eigenvalue weighted by Crippen LogP contribution is 2.27. The van der Waals surface area contributed by atoms with Gasteiger partial charge in [-0.3, -0.25) is 4.79 Å². The van der Waals surface area contributed by atoms with Gasteiger partial charge in [-0.2, -0.15) is 15.6 Å². The molecule has 0 spiro atoms. The first kappa shape index (κ1) is 21.0. The Kier molecular flexibility index (Phi) is 6.40. The lowest BCUT2D eigenvalue weighted by Gasteiger charge is -2.01. The first-order valence-corrected chi connectivity index (χ1v) is 9.51. The third kappa shape index (κ3) is 4.29. The Morgan fingerprint density at radius 1 is 1.10 bits per heavy atom. The first-order valence-electron chi connectivity index (χ1n) is 8.76. The van der Waals surface area contributed by atoms with Crippen molar-refractivity contribution in [3.63, 3.8) is 0 Å². The van der Waals surface area contributed by atoms with E-state index in [0.29, 0.717) is 39.8 Å². The Hall–Kier alpha value is -3.76. The van der Waals surface area contributed by atoms with Crippen molar-refractivity contribution in [2.45, 2.75) is 12.8 Å². The molecule has 0 aliphatic heterocycles. The Labute approximate surface area is 183 Å². The molecule has 0 bridgehead atoms. The maximum Gasteiger partial charge on any atom is 0.272 e. The molecule has 6 nitrogen and oxygen atoms in total. The summed E-state index contributed by atoms with van der Waals surface area (Å²) >= 11 is 12.3. The van der Waals surface area contributed by atoms with Crippen LogP contribution < -0.4 is 10.4 Å². The number of aromatic nitrogens is 2. The molecule has 0 saturated heterocycles. The standard InChI is InChI=1S/C22H13Cl2N5O/c23-16-9-10-19(18(24)12-16)29-21(17(13-26)20(28-29)22(27)30)15-7-5-14(6-8-15)4-2-1-3-11-25/h5-10,12H,1,3H2,(H2,27,30)/p+1. The topological polar surface area (TPSA) is 110 Å². The number of benzene rings is 2. The zero-order valence-corrected chi connectivity index (χ0v) is 17.1. The predicted octanol–water partition coefficient (Wildman–Crippen LogP) is 3.89. The highest BCUT2D eigenvalue weighted by Gasteiger charge is 2.32. The number of aromatic amines is 1. The molecule has 1 aromatic heterocycles. The van der Waals surface area contributed by atoms with Gasteiger partial charge in [-0.25, -0.2) is 0 Å². The molecule has 3 aromatic rings. The zero-order valence-electron chi connectivity index (χ0n) is 15.5. The van der Waals surface area contributed by atoms with Crippen LogP contribution in [0.2, 0.25) is 10.0 Å². The van der Waals surface area contributed by atoms with Gasteiger partial charge in [-0.15, -0.1) is 0 Å². The predicted molar refractivity (Wildman–Crippen MR) is 113 cm³/mol. The van der Waals surface area contributed by atoms with Gasteiger partial charge in [0.15, 0.2) is 11.3 Å². The lowest BCUT2D eigenvalue weighted by molar-refractivity contribution is -0.644. The van der Waals surface area contributed by atoms with Crippen LogP contribution in [0.25, 0.3) is 16.9 Å². The average molecular weight is 435 g/mol. The van der Waals surface area contributed by atoms with Crippen molar-refractivity contribution >= 4 is 29.1 Å². The molecule has 0 unspecified atom stereocenters. The van der Waals surface area contributed by atoms with Gasteiger partial charge in [0.2, 0.25) is 0 Å². The number of halogens is 2. The average Bonchev–Trinajstić information content (AvgIpc) is 3.11. The lowest BCUT2D eigenvalue weighted by Crippen LogP contribution is -2.36. The minimum absolute atomic E-state index is 0.0288. The molecule has 146 valence electrons. The smallest absolute Gasteiger partial charge is 0.272 e. The fourth-order valence-corrected chi connectivity index (χ4v) is 3.35. The fraction of sp³-hybridized carbons (Fsp3) is 0.0909. The SMILES string of the molecule is N#CCCC#Cc1ccc(-c2c(C#N)c(C(N)=O)[nH][n+]2-c2ccc(Cl)cc2Cl)cc1. The molecule has 0 fully saturated rings. The van der Waals surface area contributed by atoms with Crippen molar-refractivity contribution in [3.05, 3.63) is 69.3 Å². The highest BCUT2D eigenvalue weighted by atomic mass is 35.5. The van der Waals surface area contributed by atoms with Crippen LogP contribution in [-0.4, -0.2) is 11.0 Å². The van der Waals surface area contributed by atoms with Crippen LogP contribution >= 0.6 is 23.2 Å². The maximum atomic E-state index is 11.9. The van der Waals surface area contributed by atoms with E-state index in [9.17, 15) is 10.1 Å². The number of hydrogen-bond donors (Lipinski definition) is 2. The van der Waals surface area contributed by atoms with E-state index >= 15 is 0 Å². The van der Waals surface area contributed by atoms with E-state index < -0.39 is 5.91 Å². The van der Waals surface area contributed by atoms with Gasteiger partial charge >= 0.3 is 0 Å². The molecule has 3 rings (SSSR count). The fourth-order valence-electron chi connectivity index (χ4n) is 2.85. The van der Waals surface area contributed by atoms with E-state index in [1.165, 1.54) is 4.68 Å². The van der Waals surface area contributed by atoms with Crippen LogP contribution in [0.1, 0.15) is 34.5 Å². The Morgan fingerprint density at radius 3 is 2.43 bits per heavy atom. The van der Waals surface area contributed by atoms with Crippen LogP contribution in [0.5, 0.6) is 0 Å². The van der Waals surface area contributed by atoms with E-state index in [0.717, 1.165) is 5.56 Å². The molecule has 0 aliphatic carbocycles. The molecule has 8 heteroatoms. The maximum absolute atomic E-state index is 11.9. The van der Waals surface area contributed by atoms with Gasteiger partial charge in [0.1, 0.15) is 11.1 Å². The van der Waals surface area contributed by atoms with Crippen molar-refractivity contribution < 1.29 is 9.48 Å². The third-order valence-electron chi connectivity index (χ3n) is 4.20. The van der Waals surface area contributed by atoms with Crippen LogP contribution in [0, 0.1) is 34.5 Å². The Bertz CT molecular complexity index is 1270. The quantitative estimate of drug-likeness (QED) is 0.369. The Balaban J connectivity index is 2.16. The number of carbonyl (C=O) groups is 1. The summed E-state index contributed by atoms with van der Waals surface area (Å²) in [6.07, 6.45) is 0.864. The van der Waals surface area contributed by atoms with Gasteiger partial charge in [0.05, 0.1) is 11.6 Å². The summed E-state index contributed by atoms with van der Waals surface area (Å²) in [7, 11) is 0. The van der Waals surface area contributed by atoms with E-state index in [1.807, 2.05) is 12.1 Å². The van der Waals surface area contributed by atoms with Gasteiger partial charge in [-0.1, -0.05) is 39.7 Å². The van der Waals surface area contributed by atoms with Gasteiger partial charge in [0, 0.05) is 29.5 Å². The summed E-state index contributed by atoms with van der Waals surface area (Å²) < 4.78 is 1.53. The number of primary amides is 1. The molecular formula is C22H14Cl2N5O+. The summed E-state index contributed by atoms with van der Waals surface area (Å²) in [5.74, 6) is 5.14. The Morgan fingerprint density at radius 2 is 1.83 bits per heavy atom. The zero-order chi connectivity index (χ0) is 21.7. The number of nitrogens with zero attached hydrogens (tertiary/aromatic N) is 3. The second kappa shape index (κ2) is 9.16. The summed E-state index contributed by atoms with van der Waals surface area (Å²) in [5.41, 5.74) is 7.88. The molecule has 2 aromatic carbocycles. The van der Waals surface area contributed by atoms with Crippen molar-refractivity contribution in [1.82, 2.24) is 5.10 Å². The second-order valence-corrected chi connectivity index (χ2v) is 7.00. The van der Waals surface area contributed by atoms with Crippen molar-refractivity contribution in [1.29, 1.82) is 10.5 Å². The van der Waals surface area contributed by atoms with Crippen LogP contribution in [-0.2, 0) is 0 Å². The molecule has 0 radical (unpaired) electrons. The minimum Gasteiger partial charge on any atom is -0.364 e. The highest BCUT2D eigenvalue weighted by molar-refractivity contribution is 6.35. The number of carbonyl (C=O) groups excluding carboxylic acids is 1. The van der Waals surface area contributed by atoms with Crippen molar-refractivity contribution in [2.75, 3.05) is 0 Å². The normalized spacial score (nSPS) is 9.87. The number of nitrogens with two attached hydrogens (primary N) is 1. The molecule has 30 heavy (non-hydrogen) atoms. The lowest BCUT2D eigenvalue weighted by atomic mass is 10.0. The molecular weight excluding hydrogens is 421 g/mol. The second-order valence-electron chi connectivity index (χ2n) is 6.15. The largest absolute Gasteiger partial charge is 0.364 e. The molecule has 0 saturated carbocycles. The molecule has 3 N–H and O–H groups in total.